The van der Waals surface area contributed by atoms with Gasteiger partial charge in [-0.3, -0.25) is 9.36 Å². The third-order valence-electron chi connectivity index (χ3n) is 8.08. The number of halogens is 2. The summed E-state index contributed by atoms with van der Waals surface area (Å²) in [4.78, 5) is 33.6. The number of rotatable bonds is 9. The number of carbonyl (C=O) groups excluding carboxylic acids is 1. The molecule has 10 heteroatoms. The highest BCUT2D eigenvalue weighted by Gasteiger charge is 2.35. The molecule has 0 amide bonds. The summed E-state index contributed by atoms with van der Waals surface area (Å²) in [5.41, 5.74) is 5.73. The maximum atomic E-state index is 14.3. The first kappa shape index (κ1) is 34.8. The van der Waals surface area contributed by atoms with Gasteiger partial charge in [-0.1, -0.05) is 91.9 Å². The maximum Gasteiger partial charge on any atom is 0.338 e. The molecule has 7 nitrogen and oxygen atoms in total. The van der Waals surface area contributed by atoms with E-state index in [1.807, 2.05) is 72.8 Å². The quantitative estimate of drug-likeness (QED) is 0.112. The molecule has 2 heterocycles. The lowest BCUT2D eigenvalue weighted by Crippen LogP contribution is -2.40. The summed E-state index contributed by atoms with van der Waals surface area (Å²) < 4.78 is 15.7. The molecule has 1 aliphatic heterocycles. The molecule has 0 spiro atoms. The van der Waals surface area contributed by atoms with E-state index in [2.05, 4.69) is 77.2 Å². The molecular formula is C39H31I2N3O4S. The van der Waals surface area contributed by atoms with Crippen LogP contribution in [-0.2, 0) is 16.1 Å². The molecule has 49 heavy (non-hydrogen) atoms. The number of aromatic nitrogens is 1. The fourth-order valence-electron chi connectivity index (χ4n) is 5.60. The van der Waals surface area contributed by atoms with Gasteiger partial charge in [-0.05, 0) is 111 Å². The summed E-state index contributed by atoms with van der Waals surface area (Å²) in [5, 5.41) is 9.08. The van der Waals surface area contributed by atoms with E-state index in [9.17, 15) is 9.59 Å². The molecule has 0 unspecified atom stereocenters. The Kier molecular flexibility index (Phi) is 10.8. The minimum absolute atomic E-state index is 0.193. The van der Waals surface area contributed by atoms with Crippen LogP contribution in [0.5, 0.6) is 5.75 Å². The van der Waals surface area contributed by atoms with E-state index in [0.717, 1.165) is 40.7 Å². The summed E-state index contributed by atoms with van der Waals surface area (Å²) >= 11 is 5.80. The zero-order valence-electron chi connectivity index (χ0n) is 26.9. The van der Waals surface area contributed by atoms with Crippen molar-refractivity contribution in [2.24, 2.45) is 4.99 Å². The molecule has 0 saturated heterocycles. The average Bonchev–Trinajstić information content (AvgIpc) is 3.41. The van der Waals surface area contributed by atoms with Gasteiger partial charge in [-0.15, -0.1) is 0 Å². The van der Waals surface area contributed by atoms with Gasteiger partial charge >= 0.3 is 5.97 Å². The number of ether oxygens (including phenoxy) is 2. The Bertz CT molecular complexity index is 2260. The second-order valence-corrected chi connectivity index (χ2v) is 15.0. The van der Waals surface area contributed by atoms with Crippen LogP contribution in [-0.4, -0.2) is 17.1 Å². The second kappa shape index (κ2) is 15.2. The van der Waals surface area contributed by atoms with Crippen LogP contribution in [0.25, 0.3) is 11.8 Å². The van der Waals surface area contributed by atoms with Gasteiger partial charge in [0, 0.05) is 5.56 Å². The second-order valence-electron chi connectivity index (χ2n) is 11.7. The number of fused-ring (bicyclic) bond motifs is 1. The van der Waals surface area contributed by atoms with Crippen LogP contribution in [0.2, 0.25) is 0 Å². The number of carbonyl (C=O) groups is 1. The standard InChI is InChI=1S/C39H31I2N3O4S/c1-4-47-38(46)33-34(28-8-6-5-7-9-28)43-39-44(35(33)29-16-14-27(15-17-29)23(2)3)37(45)32(49-39)20-26-18-30(40)36(31(41)19-26)48-22-25-12-10-24(21-42)11-13-25/h5-20,23,35H,4,22H2,1-3H3/b32-20-/t35-/m0/s1. The Morgan fingerprint density at radius 3 is 2.31 bits per heavy atom. The highest BCUT2D eigenvalue weighted by atomic mass is 127. The van der Waals surface area contributed by atoms with Crippen LogP contribution >= 0.6 is 56.5 Å². The predicted octanol–water partition coefficient (Wildman–Crippen LogP) is 7.72. The summed E-state index contributed by atoms with van der Waals surface area (Å²) in [6.07, 6.45) is 1.87. The van der Waals surface area contributed by atoms with Crippen molar-refractivity contribution < 1.29 is 14.3 Å². The number of hydrogen-bond donors (Lipinski definition) is 0. The van der Waals surface area contributed by atoms with Crippen LogP contribution in [0.4, 0.5) is 0 Å². The monoisotopic (exact) mass is 891 g/mol. The summed E-state index contributed by atoms with van der Waals surface area (Å²) in [5.74, 6) is 0.577. The number of thiazole rings is 1. The molecule has 6 rings (SSSR count). The summed E-state index contributed by atoms with van der Waals surface area (Å²) in [7, 11) is 0. The molecule has 0 N–H and O–H groups in total. The first-order valence-corrected chi connectivity index (χ1v) is 18.6. The lowest BCUT2D eigenvalue weighted by molar-refractivity contribution is -0.138. The van der Waals surface area contributed by atoms with Gasteiger partial charge < -0.3 is 9.47 Å². The number of hydrogen-bond acceptors (Lipinski definition) is 7. The van der Waals surface area contributed by atoms with E-state index < -0.39 is 12.0 Å². The fourth-order valence-corrected chi connectivity index (χ4v) is 8.73. The summed E-state index contributed by atoms with van der Waals surface area (Å²) in [6, 6.07) is 30.3. The Morgan fingerprint density at radius 2 is 1.69 bits per heavy atom. The van der Waals surface area contributed by atoms with E-state index in [0.29, 0.717) is 38.7 Å². The van der Waals surface area contributed by atoms with Crippen molar-refractivity contribution in [3.8, 4) is 11.8 Å². The molecule has 1 aliphatic rings. The molecule has 0 fully saturated rings. The first-order valence-electron chi connectivity index (χ1n) is 15.7. The average molecular weight is 892 g/mol. The van der Waals surface area contributed by atoms with E-state index in [4.69, 9.17) is 19.7 Å². The van der Waals surface area contributed by atoms with Gasteiger partial charge in [-0.2, -0.15) is 5.26 Å². The number of nitrogens with zero attached hydrogens (tertiary/aromatic N) is 3. The Hall–Kier alpha value is -4.06. The molecule has 0 saturated carbocycles. The van der Waals surface area contributed by atoms with E-state index in [-0.39, 0.29) is 12.2 Å². The van der Waals surface area contributed by atoms with Crippen molar-refractivity contribution in [2.75, 3.05) is 6.61 Å². The fraction of sp³-hybridized carbons (Fsp3) is 0.179. The van der Waals surface area contributed by atoms with E-state index in [1.54, 1.807) is 23.6 Å². The first-order chi connectivity index (χ1) is 23.7. The third-order valence-corrected chi connectivity index (χ3v) is 10.7. The van der Waals surface area contributed by atoms with Gasteiger partial charge in [-0.25, -0.2) is 9.79 Å². The van der Waals surface area contributed by atoms with Crippen molar-refractivity contribution in [3.05, 3.63) is 157 Å². The van der Waals surface area contributed by atoms with E-state index in [1.165, 1.54) is 11.3 Å². The Labute approximate surface area is 315 Å². The molecule has 0 radical (unpaired) electrons. The van der Waals surface area contributed by atoms with Gasteiger partial charge in [0.05, 0.1) is 47.2 Å². The predicted molar refractivity (Wildman–Crippen MR) is 209 cm³/mol. The van der Waals surface area contributed by atoms with Crippen molar-refractivity contribution >= 4 is 74.3 Å². The van der Waals surface area contributed by atoms with Crippen LogP contribution in [0.15, 0.2) is 106 Å². The highest BCUT2D eigenvalue weighted by molar-refractivity contribution is 14.1. The number of benzene rings is 4. The van der Waals surface area contributed by atoms with Crippen molar-refractivity contribution in [2.45, 2.75) is 39.3 Å². The minimum Gasteiger partial charge on any atom is -0.487 e. The summed E-state index contributed by atoms with van der Waals surface area (Å²) in [6.45, 7) is 6.59. The van der Waals surface area contributed by atoms with Crippen LogP contribution in [0.1, 0.15) is 66.1 Å². The van der Waals surface area contributed by atoms with E-state index >= 15 is 0 Å². The Balaban J connectivity index is 1.46. The van der Waals surface area contributed by atoms with Crippen molar-refractivity contribution in [3.63, 3.8) is 0 Å². The Morgan fingerprint density at radius 1 is 1.02 bits per heavy atom. The van der Waals surface area contributed by atoms with Crippen LogP contribution < -0.4 is 19.6 Å². The van der Waals surface area contributed by atoms with Crippen molar-refractivity contribution in [1.82, 2.24) is 4.57 Å². The molecular weight excluding hydrogens is 860 g/mol. The SMILES string of the molecule is CCOC(=O)C1=C(c2ccccc2)N=c2s/c(=C\c3cc(I)c(OCc4ccc(C#N)cc4)c(I)c3)c(=O)n2[C@H]1c1ccc(C(C)C)cc1. The molecule has 0 bridgehead atoms. The lowest BCUT2D eigenvalue weighted by Gasteiger charge is -2.26. The molecule has 246 valence electrons. The lowest BCUT2D eigenvalue weighted by atomic mass is 9.91. The molecule has 1 atom stereocenters. The van der Waals surface area contributed by atoms with Gasteiger partial charge in [0.2, 0.25) is 0 Å². The van der Waals surface area contributed by atoms with Crippen molar-refractivity contribution in [1.29, 1.82) is 5.26 Å². The van der Waals surface area contributed by atoms with Gasteiger partial charge in [0.25, 0.3) is 5.56 Å². The third kappa shape index (κ3) is 7.44. The molecule has 5 aromatic rings. The van der Waals surface area contributed by atoms with Crippen LogP contribution in [0, 0.1) is 18.5 Å². The zero-order valence-corrected chi connectivity index (χ0v) is 32.1. The minimum atomic E-state index is -0.729. The topological polar surface area (TPSA) is 93.7 Å². The maximum absolute atomic E-state index is 14.3. The van der Waals surface area contributed by atoms with Gasteiger partial charge in [0.15, 0.2) is 4.80 Å². The van der Waals surface area contributed by atoms with Crippen LogP contribution in [0.3, 0.4) is 0 Å². The number of nitriles is 1. The smallest absolute Gasteiger partial charge is 0.338 e. The highest BCUT2D eigenvalue weighted by Crippen LogP contribution is 2.36. The molecule has 0 aliphatic carbocycles. The van der Waals surface area contributed by atoms with Gasteiger partial charge in [0.1, 0.15) is 12.4 Å². The number of esters is 1. The normalized spacial score (nSPS) is 14.3. The molecule has 1 aromatic heterocycles. The zero-order chi connectivity index (χ0) is 34.7. The largest absolute Gasteiger partial charge is 0.487 e. The molecule has 4 aromatic carbocycles.